The summed E-state index contributed by atoms with van der Waals surface area (Å²) >= 11 is 0. The van der Waals surface area contributed by atoms with Gasteiger partial charge in [0.2, 0.25) is 0 Å². The number of unbranched alkanes of at least 4 members (excludes halogenated alkanes) is 10. The van der Waals surface area contributed by atoms with Gasteiger partial charge in [0.05, 0.1) is 54.2 Å². The molecule has 2 aromatic heterocycles. The third kappa shape index (κ3) is 10.0. The average Bonchev–Trinajstić information content (AvgIpc) is 3.81. The summed E-state index contributed by atoms with van der Waals surface area (Å²) in [4.78, 5) is 63.5. The van der Waals surface area contributed by atoms with Gasteiger partial charge < -0.3 is 24.0 Å². The average molecular weight is 993 g/mol. The van der Waals surface area contributed by atoms with Crippen LogP contribution >= 0.6 is 0 Å². The smallest absolute Gasteiger partial charge is 0.261 e. The van der Waals surface area contributed by atoms with Gasteiger partial charge in [-0.1, -0.05) is 97.1 Å². The van der Waals surface area contributed by atoms with Gasteiger partial charge in [-0.15, -0.1) is 0 Å². The number of methoxy groups -OCH3 is 3. The summed E-state index contributed by atoms with van der Waals surface area (Å²) in [5.74, 6) is 2.00. The number of benzene rings is 7. The lowest BCUT2D eigenvalue weighted by atomic mass is 9.92. The van der Waals surface area contributed by atoms with Gasteiger partial charge in [-0.05, 0) is 134 Å². The van der Waals surface area contributed by atoms with Crippen LogP contribution in [0.3, 0.4) is 0 Å². The molecule has 0 atom stereocenters. The molecule has 7 aromatic carbocycles. The van der Waals surface area contributed by atoms with E-state index in [0.717, 1.165) is 98.9 Å². The molecule has 0 unspecified atom stereocenters. The number of aryl methyl sites for hydroxylation is 1. The van der Waals surface area contributed by atoms with Crippen LogP contribution in [0.1, 0.15) is 103 Å². The van der Waals surface area contributed by atoms with Gasteiger partial charge in [0, 0.05) is 57.4 Å². The second-order valence-electron chi connectivity index (χ2n) is 19.4. The molecule has 0 fully saturated rings. The second-order valence-corrected chi connectivity index (χ2v) is 19.4. The van der Waals surface area contributed by atoms with Crippen molar-refractivity contribution in [2.24, 2.45) is 0 Å². The third-order valence-electron chi connectivity index (χ3n) is 14.8. The molecule has 2 heterocycles. The van der Waals surface area contributed by atoms with Crippen molar-refractivity contribution < 1.29 is 14.2 Å². The summed E-state index contributed by atoms with van der Waals surface area (Å²) in [5, 5.41) is 3.89. The second kappa shape index (κ2) is 23.0. The molecular weight excluding hydrogens is 925 g/mol. The highest BCUT2D eigenvalue weighted by molar-refractivity contribution is 6.27. The number of aromatic nitrogens is 2. The Hall–Kier alpha value is -7.66. The summed E-state index contributed by atoms with van der Waals surface area (Å²) in [6.07, 6.45) is 13.0. The normalized spacial score (nSPS) is 11.6. The molecule has 0 aliphatic carbocycles. The predicted octanol–water partition coefficient (Wildman–Crippen LogP) is 14.5. The maximum absolute atomic E-state index is 14.8. The molecule has 0 amide bonds. The molecule has 0 aliphatic rings. The van der Waals surface area contributed by atoms with Crippen molar-refractivity contribution in [3.05, 3.63) is 168 Å². The minimum Gasteiger partial charge on any atom is -0.497 e. The molecule has 0 saturated carbocycles. The van der Waals surface area contributed by atoms with Crippen molar-refractivity contribution in [3.63, 3.8) is 0 Å². The highest BCUT2D eigenvalue weighted by atomic mass is 16.5. The molecule has 11 heteroatoms. The maximum atomic E-state index is 14.8. The van der Waals surface area contributed by atoms with E-state index in [1.54, 1.807) is 21.3 Å². The van der Waals surface area contributed by atoms with Gasteiger partial charge in [-0.2, -0.15) is 0 Å². The van der Waals surface area contributed by atoms with Crippen molar-refractivity contribution in [2.45, 2.75) is 117 Å². The Morgan fingerprint density at radius 2 is 0.622 bits per heavy atom. The Bertz CT molecular complexity index is 3150. The number of ether oxygens (including phenoxy) is 3. The van der Waals surface area contributed by atoms with Gasteiger partial charge in [0.25, 0.3) is 22.2 Å². The van der Waals surface area contributed by atoms with Gasteiger partial charge in [0.15, 0.2) is 0 Å². The minimum absolute atomic E-state index is 0.310. The zero-order valence-electron chi connectivity index (χ0n) is 43.8. The first kappa shape index (κ1) is 51.2. The Labute approximate surface area is 432 Å². The molecular formula is C63H68N4O7. The van der Waals surface area contributed by atoms with Crippen LogP contribution in [0.5, 0.6) is 17.2 Å². The molecule has 0 spiro atoms. The number of rotatable bonds is 24. The highest BCUT2D eigenvalue weighted by Gasteiger charge is 2.29. The lowest BCUT2D eigenvalue weighted by Crippen LogP contribution is -2.25. The van der Waals surface area contributed by atoms with E-state index in [1.807, 2.05) is 97.1 Å². The van der Waals surface area contributed by atoms with Crippen LogP contribution in [0.4, 0.5) is 34.1 Å². The van der Waals surface area contributed by atoms with E-state index in [2.05, 4.69) is 54.8 Å². The van der Waals surface area contributed by atoms with E-state index >= 15 is 0 Å². The molecule has 0 N–H and O–H groups in total. The Balaban J connectivity index is 1.44. The van der Waals surface area contributed by atoms with Gasteiger partial charge >= 0.3 is 0 Å². The van der Waals surface area contributed by atoms with E-state index in [-0.39, 0.29) is 22.2 Å². The maximum Gasteiger partial charge on any atom is 0.261 e. The number of fused-ring (bicyclic) bond motifs is 4. The summed E-state index contributed by atoms with van der Waals surface area (Å²) in [5.41, 5.74) is 4.26. The number of nitrogens with zero attached hydrogens (tertiary/aromatic N) is 4. The van der Waals surface area contributed by atoms with Crippen LogP contribution in [0.25, 0.3) is 43.1 Å². The topological polar surface area (TPSA) is 112 Å². The zero-order valence-corrected chi connectivity index (χ0v) is 43.8. The van der Waals surface area contributed by atoms with Gasteiger partial charge in [-0.25, -0.2) is 0 Å². The van der Waals surface area contributed by atoms with Crippen molar-refractivity contribution in [1.82, 2.24) is 9.13 Å². The van der Waals surface area contributed by atoms with Crippen molar-refractivity contribution in [2.75, 3.05) is 31.1 Å². The molecule has 0 saturated heterocycles. The summed E-state index contributed by atoms with van der Waals surface area (Å²) in [6.45, 7) is 7.12. The van der Waals surface area contributed by atoms with Crippen LogP contribution in [-0.4, -0.2) is 30.5 Å². The fourth-order valence-electron chi connectivity index (χ4n) is 10.6. The van der Waals surface area contributed by atoms with Crippen molar-refractivity contribution in [1.29, 1.82) is 0 Å². The Kier molecular flexibility index (Phi) is 16.0. The Morgan fingerprint density at radius 3 is 0.892 bits per heavy atom. The van der Waals surface area contributed by atoms with E-state index in [9.17, 15) is 19.2 Å². The lowest BCUT2D eigenvalue weighted by molar-refractivity contribution is 0.414. The fourth-order valence-corrected chi connectivity index (χ4v) is 10.6. The first-order valence-electron chi connectivity index (χ1n) is 26.6. The lowest BCUT2D eigenvalue weighted by Gasteiger charge is -2.33. The van der Waals surface area contributed by atoms with Crippen LogP contribution in [0.15, 0.2) is 141 Å². The number of hydrogen-bond acceptors (Lipinski definition) is 9. The zero-order chi connectivity index (χ0) is 51.9. The molecule has 11 nitrogen and oxygen atoms in total. The van der Waals surface area contributed by atoms with Gasteiger partial charge in [-0.3, -0.25) is 28.3 Å². The van der Waals surface area contributed by atoms with E-state index in [1.165, 1.54) is 9.13 Å². The Morgan fingerprint density at radius 1 is 0.351 bits per heavy atom. The molecule has 9 aromatic rings. The fraction of sp³-hybridized carbons (Fsp3) is 0.333. The van der Waals surface area contributed by atoms with Crippen LogP contribution in [-0.2, 0) is 19.5 Å². The quantitative estimate of drug-likeness (QED) is 0.0332. The highest BCUT2D eigenvalue weighted by Crippen LogP contribution is 2.52. The van der Waals surface area contributed by atoms with Crippen molar-refractivity contribution >= 4 is 77.2 Å². The number of anilines is 6. The van der Waals surface area contributed by atoms with Crippen molar-refractivity contribution in [3.8, 4) is 17.2 Å². The summed E-state index contributed by atoms with van der Waals surface area (Å²) < 4.78 is 19.8. The monoisotopic (exact) mass is 993 g/mol. The van der Waals surface area contributed by atoms with E-state index in [4.69, 9.17) is 14.2 Å². The van der Waals surface area contributed by atoms with Gasteiger partial charge in [0.1, 0.15) is 17.2 Å². The molecule has 74 heavy (non-hydrogen) atoms. The first-order valence-corrected chi connectivity index (χ1v) is 26.6. The predicted molar refractivity (Wildman–Crippen MR) is 305 cm³/mol. The van der Waals surface area contributed by atoms with Crippen LogP contribution in [0.2, 0.25) is 0 Å². The van der Waals surface area contributed by atoms with Crippen LogP contribution in [0, 0.1) is 0 Å². The molecule has 9 rings (SSSR count). The number of hydrogen-bond donors (Lipinski definition) is 0. The minimum atomic E-state index is -0.337. The first-order chi connectivity index (χ1) is 36.1. The molecule has 0 aliphatic heterocycles. The van der Waals surface area contributed by atoms with E-state index < -0.39 is 0 Å². The molecule has 0 radical (unpaired) electrons. The standard InChI is InChI=1S/C63H68N4O7/c1-7-10-12-14-16-18-36-64-60(68)54-38-50-52(40-56(54)62(64)70)59(67(45-26-32-48(73-5)33-27-45)46-28-34-49(74-6)35-29-46)53-41-57-55(61(69)65(63(57)71)37-19-17-15-13-11-8-2)39-51(53)58(50)66(43-22-20-42(9-3)21-23-43)44-24-30-47(72-4)31-25-44/h20-35,38-41H,7-19,36-37H2,1-6H3. The SMILES string of the molecule is CCCCCCCCn1c(=O)c2cc3c(N(c4ccc(CC)cc4)c4ccc(OC)cc4)c4cc5c(=O)n(CCCCCCCC)c(=O)c5cc4c(N(c4ccc(OC)cc4)c4ccc(OC)cc4)c3cc2c1=O. The van der Waals surface area contributed by atoms with Crippen LogP contribution < -0.4 is 46.2 Å². The largest absolute Gasteiger partial charge is 0.497 e. The molecule has 382 valence electrons. The van der Waals surface area contributed by atoms with E-state index in [0.29, 0.717) is 97.6 Å². The third-order valence-corrected chi connectivity index (χ3v) is 14.8. The summed E-state index contributed by atoms with van der Waals surface area (Å²) in [7, 11) is 4.89. The molecule has 0 bridgehead atoms. The summed E-state index contributed by atoms with van der Waals surface area (Å²) in [6, 6.07) is 39.2.